The second kappa shape index (κ2) is 6.46. The maximum atomic E-state index is 12.2. The highest BCUT2D eigenvalue weighted by Gasteiger charge is 2.33. The van der Waals surface area contributed by atoms with Gasteiger partial charge in [-0.1, -0.05) is 27.7 Å². The quantitative estimate of drug-likeness (QED) is 0.833. The zero-order valence-electron chi connectivity index (χ0n) is 13.3. The van der Waals surface area contributed by atoms with E-state index in [4.69, 9.17) is 5.11 Å². The Labute approximate surface area is 121 Å². The maximum absolute atomic E-state index is 12.2. The van der Waals surface area contributed by atoms with Crippen molar-refractivity contribution < 1.29 is 14.7 Å². The molecule has 0 bridgehead atoms. The van der Waals surface area contributed by atoms with Crippen LogP contribution >= 0.6 is 0 Å². The van der Waals surface area contributed by atoms with Crippen LogP contribution in [0.5, 0.6) is 0 Å². The van der Waals surface area contributed by atoms with Crippen molar-refractivity contribution in [2.45, 2.75) is 53.5 Å². The average Bonchev–Trinajstić information content (AvgIpc) is 2.35. The van der Waals surface area contributed by atoms with E-state index in [0.717, 1.165) is 0 Å². The molecule has 0 aliphatic carbocycles. The first-order valence-electron chi connectivity index (χ1n) is 7.42. The van der Waals surface area contributed by atoms with E-state index >= 15 is 0 Å². The number of carboxylic acid groups (broad SMARTS) is 1. The van der Waals surface area contributed by atoms with Gasteiger partial charge in [-0.15, -0.1) is 0 Å². The molecule has 0 radical (unpaired) electrons. The summed E-state index contributed by atoms with van der Waals surface area (Å²) in [6.07, 6.45) is 1.08. The fraction of sp³-hybridized carbons (Fsp3) is 0.867. The van der Waals surface area contributed by atoms with Crippen LogP contribution in [0.15, 0.2) is 0 Å². The topological polar surface area (TPSA) is 69.6 Å². The molecule has 5 nitrogen and oxygen atoms in total. The van der Waals surface area contributed by atoms with Gasteiger partial charge in [0.25, 0.3) is 0 Å². The lowest BCUT2D eigenvalue weighted by Gasteiger charge is -2.37. The molecule has 0 aromatic rings. The van der Waals surface area contributed by atoms with Gasteiger partial charge < -0.3 is 15.3 Å². The van der Waals surface area contributed by atoms with Gasteiger partial charge in [0.1, 0.15) is 0 Å². The second-order valence-electron chi connectivity index (χ2n) is 6.90. The summed E-state index contributed by atoms with van der Waals surface area (Å²) in [7, 11) is 0. The van der Waals surface area contributed by atoms with Gasteiger partial charge in [0.2, 0.25) is 0 Å². The smallest absolute Gasteiger partial charge is 0.317 e. The number of hydrogen-bond acceptors (Lipinski definition) is 2. The Balaban J connectivity index is 2.51. The van der Waals surface area contributed by atoms with Crippen molar-refractivity contribution in [3.8, 4) is 0 Å². The van der Waals surface area contributed by atoms with Crippen molar-refractivity contribution in [1.82, 2.24) is 10.2 Å². The lowest BCUT2D eigenvalue weighted by Crippen LogP contribution is -2.51. The van der Waals surface area contributed by atoms with E-state index in [2.05, 4.69) is 33.0 Å². The van der Waals surface area contributed by atoms with E-state index in [1.54, 1.807) is 4.90 Å². The molecule has 2 N–H and O–H groups in total. The largest absolute Gasteiger partial charge is 0.481 e. The molecule has 0 aromatic heterocycles. The van der Waals surface area contributed by atoms with Crippen molar-refractivity contribution in [3.05, 3.63) is 0 Å². The van der Waals surface area contributed by atoms with Gasteiger partial charge >= 0.3 is 12.0 Å². The molecule has 1 saturated heterocycles. The first kappa shape index (κ1) is 16.8. The van der Waals surface area contributed by atoms with Crippen LogP contribution in [0.4, 0.5) is 4.79 Å². The Morgan fingerprint density at radius 3 is 2.45 bits per heavy atom. The van der Waals surface area contributed by atoms with Gasteiger partial charge in [0.05, 0.1) is 5.92 Å². The number of nitrogens with one attached hydrogen (secondary N) is 1. The van der Waals surface area contributed by atoms with E-state index < -0.39 is 5.97 Å². The maximum Gasteiger partial charge on any atom is 0.317 e. The molecule has 20 heavy (non-hydrogen) atoms. The number of urea groups is 1. The number of hydrogen-bond donors (Lipinski definition) is 2. The second-order valence-corrected chi connectivity index (χ2v) is 6.90. The zero-order chi connectivity index (χ0) is 15.5. The Hall–Kier alpha value is -1.26. The lowest BCUT2D eigenvalue weighted by molar-refractivity contribution is -0.143. The minimum atomic E-state index is -0.752. The SMILES string of the molecule is CC1CC(C(=O)O)CCN1C(=O)NCC(C)(C)C(C)C. The van der Waals surface area contributed by atoms with Crippen LogP contribution in [-0.2, 0) is 4.79 Å². The Morgan fingerprint density at radius 2 is 2.00 bits per heavy atom. The molecular weight excluding hydrogens is 256 g/mol. The molecule has 5 heteroatoms. The van der Waals surface area contributed by atoms with E-state index in [1.807, 2.05) is 6.92 Å². The summed E-state index contributed by atoms with van der Waals surface area (Å²) in [5.41, 5.74) is 0.0539. The minimum absolute atomic E-state index is 0.0213. The molecular formula is C15H28N2O3. The van der Waals surface area contributed by atoms with Gasteiger partial charge in [-0.05, 0) is 31.1 Å². The number of carbonyl (C=O) groups excluding carboxylic acids is 1. The predicted molar refractivity (Wildman–Crippen MR) is 78.5 cm³/mol. The number of carbonyl (C=O) groups is 2. The number of piperidine rings is 1. The molecule has 116 valence electrons. The molecule has 2 amide bonds. The first-order valence-corrected chi connectivity index (χ1v) is 7.42. The van der Waals surface area contributed by atoms with Crippen LogP contribution in [0.25, 0.3) is 0 Å². The van der Waals surface area contributed by atoms with E-state index in [-0.39, 0.29) is 23.4 Å². The highest BCUT2D eigenvalue weighted by Crippen LogP contribution is 2.26. The number of amides is 2. The fourth-order valence-electron chi connectivity index (χ4n) is 2.31. The minimum Gasteiger partial charge on any atom is -0.481 e. The Morgan fingerprint density at radius 1 is 1.40 bits per heavy atom. The highest BCUT2D eigenvalue weighted by molar-refractivity contribution is 5.75. The van der Waals surface area contributed by atoms with Gasteiger partial charge in [-0.3, -0.25) is 4.79 Å². The highest BCUT2D eigenvalue weighted by atomic mass is 16.4. The van der Waals surface area contributed by atoms with Gasteiger partial charge in [0.15, 0.2) is 0 Å². The number of rotatable bonds is 4. The summed E-state index contributed by atoms with van der Waals surface area (Å²) >= 11 is 0. The number of aliphatic carboxylic acids is 1. The van der Waals surface area contributed by atoms with Crippen molar-refractivity contribution >= 4 is 12.0 Å². The molecule has 2 unspecified atom stereocenters. The van der Waals surface area contributed by atoms with Crippen LogP contribution in [-0.4, -0.2) is 41.1 Å². The number of likely N-dealkylation sites (tertiary alicyclic amines) is 1. The van der Waals surface area contributed by atoms with Crippen LogP contribution in [0, 0.1) is 17.3 Å². The summed E-state index contributed by atoms with van der Waals surface area (Å²) in [4.78, 5) is 25.0. The lowest BCUT2D eigenvalue weighted by atomic mass is 9.81. The fourth-order valence-corrected chi connectivity index (χ4v) is 2.31. The van der Waals surface area contributed by atoms with E-state index in [9.17, 15) is 9.59 Å². The van der Waals surface area contributed by atoms with Crippen molar-refractivity contribution in [2.24, 2.45) is 17.3 Å². The normalized spacial score (nSPS) is 23.8. The predicted octanol–water partition coefficient (Wildman–Crippen LogP) is 2.56. The Kier molecular flexibility index (Phi) is 5.42. The van der Waals surface area contributed by atoms with Gasteiger partial charge in [-0.25, -0.2) is 4.79 Å². The average molecular weight is 284 g/mol. The van der Waals surface area contributed by atoms with Gasteiger partial charge in [-0.2, -0.15) is 0 Å². The third kappa shape index (κ3) is 4.12. The first-order chi connectivity index (χ1) is 9.15. The number of carboxylic acids is 1. The van der Waals surface area contributed by atoms with Crippen molar-refractivity contribution in [3.63, 3.8) is 0 Å². The summed E-state index contributed by atoms with van der Waals surface area (Å²) in [5, 5.41) is 12.0. The Bertz CT molecular complexity index is 366. The van der Waals surface area contributed by atoms with Crippen molar-refractivity contribution in [2.75, 3.05) is 13.1 Å². The number of nitrogens with zero attached hydrogens (tertiary/aromatic N) is 1. The van der Waals surface area contributed by atoms with E-state index in [0.29, 0.717) is 31.8 Å². The molecule has 2 atom stereocenters. The van der Waals surface area contributed by atoms with Gasteiger partial charge in [0, 0.05) is 19.1 Å². The molecule has 1 aliphatic rings. The monoisotopic (exact) mass is 284 g/mol. The van der Waals surface area contributed by atoms with Crippen LogP contribution in [0.1, 0.15) is 47.5 Å². The third-order valence-corrected chi connectivity index (χ3v) is 4.74. The standard InChI is InChI=1S/C15H28N2O3/c1-10(2)15(4,5)9-16-14(20)17-7-6-12(13(18)19)8-11(17)3/h10-12H,6-9H2,1-5H3,(H,16,20)(H,18,19). The molecule has 0 aromatic carbocycles. The van der Waals surface area contributed by atoms with Crippen LogP contribution in [0.3, 0.4) is 0 Å². The molecule has 1 fully saturated rings. The molecule has 0 saturated carbocycles. The zero-order valence-corrected chi connectivity index (χ0v) is 13.3. The summed E-state index contributed by atoms with van der Waals surface area (Å²) in [5.74, 6) is -0.586. The molecule has 1 aliphatic heterocycles. The molecule has 1 heterocycles. The molecule has 1 rings (SSSR count). The van der Waals surface area contributed by atoms with E-state index in [1.165, 1.54) is 0 Å². The third-order valence-electron chi connectivity index (χ3n) is 4.74. The van der Waals surface area contributed by atoms with Crippen LogP contribution in [0.2, 0.25) is 0 Å². The molecule has 0 spiro atoms. The summed E-state index contributed by atoms with van der Waals surface area (Å²) in [6, 6.07) is -0.0953. The summed E-state index contributed by atoms with van der Waals surface area (Å²) < 4.78 is 0. The van der Waals surface area contributed by atoms with Crippen LogP contribution < -0.4 is 5.32 Å². The summed E-state index contributed by atoms with van der Waals surface area (Å²) in [6.45, 7) is 11.6. The van der Waals surface area contributed by atoms with Crippen molar-refractivity contribution in [1.29, 1.82) is 0 Å².